The van der Waals surface area contributed by atoms with Crippen LogP contribution >= 0.6 is 0 Å². The minimum Gasteiger partial charge on any atom is -0.378 e. The Morgan fingerprint density at radius 1 is 1.13 bits per heavy atom. The molecule has 1 aromatic rings. The Kier molecular flexibility index (Phi) is 5.12. The van der Waals surface area contributed by atoms with E-state index in [0.29, 0.717) is 38.9 Å². The highest BCUT2D eigenvalue weighted by atomic mass is 16.5. The molecule has 0 atom stereocenters. The molecule has 3 heterocycles. The molecular weight excluding hydrogens is 298 g/mol. The van der Waals surface area contributed by atoms with Crippen LogP contribution < -0.4 is 4.90 Å². The number of rotatable bonds is 4. The Morgan fingerprint density at radius 2 is 1.83 bits per heavy atom. The van der Waals surface area contributed by atoms with Crippen molar-refractivity contribution in [3.8, 4) is 0 Å². The fourth-order valence-corrected chi connectivity index (χ4v) is 2.79. The van der Waals surface area contributed by atoms with Crippen LogP contribution in [0.25, 0.3) is 0 Å². The number of hydrogen-bond acceptors (Lipinski definition) is 7. The molecule has 0 aromatic carbocycles. The van der Waals surface area contributed by atoms with E-state index >= 15 is 0 Å². The van der Waals surface area contributed by atoms with Gasteiger partial charge in [0.05, 0.1) is 19.8 Å². The van der Waals surface area contributed by atoms with Crippen LogP contribution in [0.2, 0.25) is 0 Å². The summed E-state index contributed by atoms with van der Waals surface area (Å²) in [6, 6.07) is 0.591. The monoisotopic (exact) mass is 323 g/mol. The van der Waals surface area contributed by atoms with Crippen molar-refractivity contribution in [2.24, 2.45) is 0 Å². The standard InChI is InChI=1S/C15H25N5O3/c1-12(2)14-16-15(23-17-14)20-5-3-18(4-6-20)11-13(21)19-7-9-22-10-8-19/h12H,3-11H2,1-2H3. The van der Waals surface area contributed by atoms with Crippen LogP contribution in [-0.2, 0) is 9.53 Å². The number of carbonyl (C=O) groups is 1. The Morgan fingerprint density at radius 3 is 2.43 bits per heavy atom. The van der Waals surface area contributed by atoms with Gasteiger partial charge in [0.25, 0.3) is 0 Å². The SMILES string of the molecule is CC(C)c1noc(N2CCN(CC(=O)N3CCOCC3)CC2)n1. The highest BCUT2D eigenvalue weighted by Gasteiger charge is 2.25. The van der Waals surface area contributed by atoms with E-state index in [4.69, 9.17) is 9.26 Å². The molecule has 0 radical (unpaired) electrons. The average Bonchev–Trinajstić information content (AvgIpc) is 3.07. The Balaban J connectivity index is 1.47. The van der Waals surface area contributed by atoms with Gasteiger partial charge in [0.15, 0.2) is 5.82 Å². The first kappa shape index (κ1) is 16.2. The second-order valence-electron chi connectivity index (χ2n) is 6.35. The minimum absolute atomic E-state index is 0.196. The summed E-state index contributed by atoms with van der Waals surface area (Å²) in [4.78, 5) is 22.9. The lowest BCUT2D eigenvalue weighted by atomic mass is 10.2. The molecule has 2 saturated heterocycles. The van der Waals surface area contributed by atoms with Gasteiger partial charge in [-0.1, -0.05) is 19.0 Å². The van der Waals surface area contributed by atoms with Crippen LogP contribution in [0.3, 0.4) is 0 Å². The first-order valence-electron chi connectivity index (χ1n) is 8.30. The van der Waals surface area contributed by atoms with E-state index in [1.54, 1.807) is 0 Å². The Bertz CT molecular complexity index is 519. The molecule has 2 aliphatic rings. The van der Waals surface area contributed by atoms with Gasteiger partial charge >= 0.3 is 6.01 Å². The summed E-state index contributed by atoms with van der Waals surface area (Å²) in [7, 11) is 0. The van der Waals surface area contributed by atoms with Gasteiger partial charge in [0.2, 0.25) is 5.91 Å². The van der Waals surface area contributed by atoms with Gasteiger partial charge in [0, 0.05) is 45.2 Å². The van der Waals surface area contributed by atoms with Gasteiger partial charge in [-0.3, -0.25) is 9.69 Å². The maximum atomic E-state index is 12.3. The summed E-state index contributed by atoms with van der Waals surface area (Å²) < 4.78 is 10.6. The van der Waals surface area contributed by atoms with Crippen molar-refractivity contribution in [1.29, 1.82) is 0 Å². The minimum atomic E-state index is 0.196. The Labute approximate surface area is 136 Å². The van der Waals surface area contributed by atoms with Gasteiger partial charge in [-0.25, -0.2) is 0 Å². The van der Waals surface area contributed by atoms with Gasteiger partial charge in [-0.05, 0) is 0 Å². The number of nitrogens with zero attached hydrogens (tertiary/aromatic N) is 5. The lowest BCUT2D eigenvalue weighted by Crippen LogP contribution is -2.51. The van der Waals surface area contributed by atoms with E-state index in [1.807, 2.05) is 18.7 Å². The molecule has 0 spiro atoms. The molecule has 0 bridgehead atoms. The zero-order valence-electron chi connectivity index (χ0n) is 13.9. The molecule has 3 rings (SSSR count). The van der Waals surface area contributed by atoms with E-state index < -0.39 is 0 Å². The molecule has 1 aromatic heterocycles. The molecule has 0 aliphatic carbocycles. The third-order valence-corrected chi connectivity index (χ3v) is 4.31. The van der Waals surface area contributed by atoms with E-state index in [9.17, 15) is 4.79 Å². The Hall–Kier alpha value is -1.67. The zero-order valence-corrected chi connectivity index (χ0v) is 13.9. The van der Waals surface area contributed by atoms with Crippen molar-refractivity contribution >= 4 is 11.9 Å². The summed E-state index contributed by atoms with van der Waals surface area (Å²) in [5.41, 5.74) is 0. The summed E-state index contributed by atoms with van der Waals surface area (Å²) in [5.74, 6) is 1.20. The van der Waals surface area contributed by atoms with Crippen molar-refractivity contribution in [2.75, 3.05) is 63.9 Å². The first-order chi connectivity index (χ1) is 11.1. The third kappa shape index (κ3) is 4.00. The van der Waals surface area contributed by atoms with Crippen molar-refractivity contribution < 1.29 is 14.1 Å². The molecule has 8 heteroatoms. The van der Waals surface area contributed by atoms with Crippen LogP contribution in [0, 0.1) is 0 Å². The number of anilines is 1. The lowest BCUT2D eigenvalue weighted by molar-refractivity contribution is -0.136. The normalized spacial score (nSPS) is 20.3. The van der Waals surface area contributed by atoms with Gasteiger partial charge in [0.1, 0.15) is 0 Å². The molecule has 0 unspecified atom stereocenters. The number of morpholine rings is 1. The summed E-state index contributed by atoms with van der Waals surface area (Å²) in [6.45, 7) is 10.5. The number of amides is 1. The molecule has 2 aliphatic heterocycles. The predicted octanol–water partition coefficient (Wildman–Crippen LogP) is 0.174. The van der Waals surface area contributed by atoms with Crippen LogP contribution in [0.4, 0.5) is 6.01 Å². The second-order valence-corrected chi connectivity index (χ2v) is 6.35. The average molecular weight is 323 g/mol. The molecule has 8 nitrogen and oxygen atoms in total. The van der Waals surface area contributed by atoms with Crippen molar-refractivity contribution in [1.82, 2.24) is 19.9 Å². The van der Waals surface area contributed by atoms with Crippen molar-refractivity contribution in [3.63, 3.8) is 0 Å². The largest absolute Gasteiger partial charge is 0.378 e. The molecule has 23 heavy (non-hydrogen) atoms. The van der Waals surface area contributed by atoms with Crippen molar-refractivity contribution in [3.05, 3.63) is 5.82 Å². The van der Waals surface area contributed by atoms with Gasteiger partial charge in [-0.15, -0.1) is 0 Å². The summed E-state index contributed by atoms with van der Waals surface area (Å²) >= 11 is 0. The number of carbonyl (C=O) groups excluding carboxylic acids is 1. The first-order valence-corrected chi connectivity index (χ1v) is 8.30. The molecule has 2 fully saturated rings. The van der Waals surface area contributed by atoms with Crippen LogP contribution in [0.5, 0.6) is 0 Å². The summed E-state index contributed by atoms with van der Waals surface area (Å²) in [6.07, 6.45) is 0. The fourth-order valence-electron chi connectivity index (χ4n) is 2.79. The smallest absolute Gasteiger partial charge is 0.324 e. The van der Waals surface area contributed by atoms with Crippen LogP contribution in [0.15, 0.2) is 4.52 Å². The molecule has 0 saturated carbocycles. The van der Waals surface area contributed by atoms with Crippen molar-refractivity contribution in [2.45, 2.75) is 19.8 Å². The zero-order chi connectivity index (χ0) is 16.2. The maximum absolute atomic E-state index is 12.3. The van der Waals surface area contributed by atoms with Gasteiger partial charge < -0.3 is 19.1 Å². The third-order valence-electron chi connectivity index (χ3n) is 4.31. The number of piperazine rings is 1. The van der Waals surface area contributed by atoms with Gasteiger partial charge in [-0.2, -0.15) is 4.98 Å². The topological polar surface area (TPSA) is 74.9 Å². The molecule has 0 N–H and O–H groups in total. The molecule has 128 valence electrons. The fraction of sp³-hybridized carbons (Fsp3) is 0.800. The van der Waals surface area contributed by atoms with Crippen LogP contribution in [0.1, 0.15) is 25.6 Å². The quantitative estimate of drug-likeness (QED) is 0.782. The predicted molar refractivity (Wildman–Crippen MR) is 84.4 cm³/mol. The van der Waals surface area contributed by atoms with Crippen LogP contribution in [-0.4, -0.2) is 84.9 Å². The maximum Gasteiger partial charge on any atom is 0.324 e. The lowest BCUT2D eigenvalue weighted by Gasteiger charge is -2.35. The number of ether oxygens (including phenoxy) is 1. The van der Waals surface area contributed by atoms with E-state index in [0.717, 1.165) is 32.0 Å². The molecular formula is C15H25N5O3. The van der Waals surface area contributed by atoms with E-state index in [2.05, 4.69) is 19.9 Å². The van der Waals surface area contributed by atoms with E-state index in [1.165, 1.54) is 0 Å². The number of hydrogen-bond donors (Lipinski definition) is 0. The summed E-state index contributed by atoms with van der Waals surface area (Å²) in [5, 5.41) is 4.01. The van der Waals surface area contributed by atoms with E-state index in [-0.39, 0.29) is 11.8 Å². The highest BCUT2D eigenvalue weighted by molar-refractivity contribution is 5.78. The highest BCUT2D eigenvalue weighted by Crippen LogP contribution is 2.17. The molecule has 1 amide bonds. The number of aromatic nitrogens is 2. The second kappa shape index (κ2) is 7.27.